The van der Waals surface area contributed by atoms with Crippen molar-refractivity contribution in [1.29, 1.82) is 0 Å². The fourth-order valence-electron chi connectivity index (χ4n) is 3.37. The van der Waals surface area contributed by atoms with Crippen LogP contribution in [0, 0.1) is 13.8 Å². The summed E-state index contributed by atoms with van der Waals surface area (Å²) in [6, 6.07) is 2.00. The Morgan fingerprint density at radius 3 is 2.32 bits per heavy atom. The van der Waals surface area contributed by atoms with Crippen molar-refractivity contribution in [3.8, 4) is 0 Å². The molecule has 0 radical (unpaired) electrons. The number of pyridine rings is 1. The summed E-state index contributed by atoms with van der Waals surface area (Å²) in [5.41, 5.74) is 3.15. The second-order valence-corrected chi connectivity index (χ2v) is 8.19. The Morgan fingerprint density at radius 1 is 1.07 bits per heavy atom. The van der Waals surface area contributed by atoms with Crippen molar-refractivity contribution < 1.29 is 14.7 Å². The Morgan fingerprint density at radius 2 is 1.68 bits per heavy atom. The van der Waals surface area contributed by atoms with Crippen molar-refractivity contribution in [2.75, 3.05) is 6.54 Å². The van der Waals surface area contributed by atoms with E-state index in [9.17, 15) is 9.59 Å². The second kappa shape index (κ2) is 11.2. The molecule has 0 unspecified atom stereocenters. The van der Waals surface area contributed by atoms with Gasteiger partial charge in [-0.3, -0.25) is 14.0 Å². The highest BCUT2D eigenvalue weighted by Gasteiger charge is 2.17. The number of nitrogens with zero attached hydrogens (tertiary/aromatic N) is 2. The van der Waals surface area contributed by atoms with Crippen LogP contribution in [0.3, 0.4) is 0 Å². The smallest absolute Gasteiger partial charge is 0.303 e. The number of aryl methyl sites for hydroxylation is 2. The van der Waals surface area contributed by atoms with Crippen molar-refractivity contribution in [2.24, 2.45) is 0 Å². The second-order valence-electron chi connectivity index (χ2n) is 7.33. The molecule has 0 saturated carbocycles. The maximum absolute atomic E-state index is 12.6. The molecule has 2 aromatic rings. The van der Waals surface area contributed by atoms with Gasteiger partial charge in [0.05, 0.1) is 10.2 Å². The number of carboxylic acids is 1. The van der Waals surface area contributed by atoms with E-state index in [0.29, 0.717) is 12.2 Å². The van der Waals surface area contributed by atoms with Crippen LogP contribution in [0.2, 0.25) is 0 Å². The summed E-state index contributed by atoms with van der Waals surface area (Å²) in [6.07, 6.45) is 10.6. The minimum absolute atomic E-state index is 0.0825. The van der Waals surface area contributed by atoms with Crippen LogP contribution in [-0.4, -0.2) is 32.9 Å². The number of amides is 1. The minimum atomic E-state index is -0.705. The number of carbonyl (C=O) groups is 2. The van der Waals surface area contributed by atoms with Crippen LogP contribution in [0.1, 0.15) is 79.5 Å². The van der Waals surface area contributed by atoms with Gasteiger partial charge in [0.2, 0.25) is 0 Å². The Balaban J connectivity index is 1.66. The van der Waals surface area contributed by atoms with E-state index in [1.807, 2.05) is 30.5 Å². The first-order valence-corrected chi connectivity index (χ1v) is 10.8. The van der Waals surface area contributed by atoms with Crippen molar-refractivity contribution in [1.82, 2.24) is 14.7 Å². The molecule has 0 bridgehead atoms. The lowest BCUT2D eigenvalue weighted by Crippen LogP contribution is -2.26. The summed E-state index contributed by atoms with van der Waals surface area (Å²) in [6.45, 7) is 4.52. The molecule has 0 fully saturated rings. The zero-order valence-electron chi connectivity index (χ0n) is 16.8. The first kappa shape index (κ1) is 22.4. The molecule has 0 spiro atoms. The van der Waals surface area contributed by atoms with Gasteiger partial charge in [-0.15, -0.1) is 0 Å². The summed E-state index contributed by atoms with van der Waals surface area (Å²) in [4.78, 5) is 27.6. The van der Waals surface area contributed by atoms with Gasteiger partial charge in [0.15, 0.2) is 5.65 Å². The molecule has 0 aliphatic rings. The molecule has 2 heterocycles. The Labute approximate surface area is 174 Å². The monoisotopic (exact) mass is 451 g/mol. The molecule has 6 nitrogen and oxygen atoms in total. The molecule has 28 heavy (non-hydrogen) atoms. The molecule has 1 amide bonds. The number of carbonyl (C=O) groups excluding carboxylic acids is 1. The molecule has 0 aliphatic heterocycles. The maximum atomic E-state index is 12.6. The van der Waals surface area contributed by atoms with E-state index in [4.69, 9.17) is 5.11 Å². The molecule has 7 heteroatoms. The van der Waals surface area contributed by atoms with E-state index >= 15 is 0 Å². The largest absolute Gasteiger partial charge is 0.481 e. The molecule has 0 aromatic carbocycles. The summed E-state index contributed by atoms with van der Waals surface area (Å²) in [5, 5.41) is 11.6. The molecule has 2 aromatic heterocycles. The van der Waals surface area contributed by atoms with Crippen molar-refractivity contribution >= 4 is 33.5 Å². The Bertz CT molecular complexity index is 817. The van der Waals surface area contributed by atoms with E-state index in [2.05, 4.69) is 26.2 Å². The lowest BCUT2D eigenvalue weighted by atomic mass is 10.1. The molecular weight excluding hydrogens is 422 g/mol. The highest BCUT2D eigenvalue weighted by Crippen LogP contribution is 2.22. The van der Waals surface area contributed by atoms with Crippen molar-refractivity contribution in [3.63, 3.8) is 0 Å². The van der Waals surface area contributed by atoms with Gasteiger partial charge >= 0.3 is 5.97 Å². The molecule has 0 aliphatic carbocycles. The Kier molecular flexibility index (Phi) is 8.96. The summed E-state index contributed by atoms with van der Waals surface area (Å²) in [7, 11) is 0. The SMILES string of the molecule is Cc1cc(Br)c2nc(C)c(C(=O)NCCCCCCCCCCC(=O)O)n2c1. The summed E-state index contributed by atoms with van der Waals surface area (Å²) in [5.74, 6) is -0.787. The van der Waals surface area contributed by atoms with Gasteiger partial charge in [-0.25, -0.2) is 4.98 Å². The predicted octanol–water partition coefficient (Wildman–Crippen LogP) is 5.04. The number of halogens is 1. The zero-order valence-corrected chi connectivity index (χ0v) is 18.3. The van der Waals surface area contributed by atoms with Crippen LogP contribution in [0.15, 0.2) is 16.7 Å². The predicted molar refractivity (Wildman–Crippen MR) is 114 cm³/mol. The number of fused-ring (bicyclic) bond motifs is 1. The fraction of sp³-hybridized carbons (Fsp3) is 0.571. The molecule has 2 rings (SSSR count). The summed E-state index contributed by atoms with van der Waals surface area (Å²) >= 11 is 3.52. The third kappa shape index (κ3) is 6.62. The zero-order chi connectivity index (χ0) is 20.5. The van der Waals surface area contributed by atoms with Crippen LogP contribution >= 0.6 is 15.9 Å². The highest BCUT2D eigenvalue weighted by atomic mass is 79.9. The topological polar surface area (TPSA) is 83.7 Å². The first-order chi connectivity index (χ1) is 13.4. The van der Waals surface area contributed by atoms with Crippen LogP contribution < -0.4 is 5.32 Å². The summed E-state index contributed by atoms with van der Waals surface area (Å²) < 4.78 is 2.74. The molecule has 0 atom stereocenters. The van der Waals surface area contributed by atoms with Crippen molar-refractivity contribution in [3.05, 3.63) is 33.7 Å². The average Bonchev–Trinajstić information content (AvgIpc) is 2.95. The normalized spacial score (nSPS) is 11.1. The lowest BCUT2D eigenvalue weighted by Gasteiger charge is -2.07. The third-order valence-corrected chi connectivity index (χ3v) is 5.39. The third-order valence-electron chi connectivity index (χ3n) is 4.80. The van der Waals surface area contributed by atoms with Crippen LogP contribution in [0.5, 0.6) is 0 Å². The number of aliphatic carboxylic acids is 1. The fourth-order valence-corrected chi connectivity index (χ4v) is 4.01. The van der Waals surface area contributed by atoms with Gasteiger partial charge in [0, 0.05) is 19.2 Å². The molecule has 2 N–H and O–H groups in total. The van der Waals surface area contributed by atoms with Gasteiger partial charge in [0.1, 0.15) is 5.69 Å². The van der Waals surface area contributed by atoms with E-state index in [1.165, 1.54) is 6.42 Å². The van der Waals surface area contributed by atoms with E-state index in [1.54, 1.807) is 0 Å². The number of hydrogen-bond acceptors (Lipinski definition) is 3. The van der Waals surface area contributed by atoms with Crippen LogP contribution in [-0.2, 0) is 4.79 Å². The van der Waals surface area contributed by atoms with E-state index in [0.717, 1.165) is 66.3 Å². The van der Waals surface area contributed by atoms with Gasteiger partial charge in [-0.1, -0.05) is 38.5 Å². The first-order valence-electron chi connectivity index (χ1n) is 10.0. The number of unbranched alkanes of at least 4 members (excludes halogenated alkanes) is 7. The van der Waals surface area contributed by atoms with Crippen LogP contribution in [0.4, 0.5) is 0 Å². The number of carboxylic acid groups (broad SMARTS) is 1. The number of nitrogens with one attached hydrogen (secondary N) is 1. The quantitative estimate of drug-likeness (QED) is 0.442. The van der Waals surface area contributed by atoms with Gasteiger partial charge < -0.3 is 10.4 Å². The minimum Gasteiger partial charge on any atom is -0.481 e. The number of hydrogen-bond donors (Lipinski definition) is 2. The van der Waals surface area contributed by atoms with Crippen LogP contribution in [0.25, 0.3) is 5.65 Å². The molecule has 154 valence electrons. The maximum Gasteiger partial charge on any atom is 0.303 e. The van der Waals surface area contributed by atoms with Gasteiger partial charge in [-0.2, -0.15) is 0 Å². The van der Waals surface area contributed by atoms with Crippen molar-refractivity contribution in [2.45, 2.75) is 71.6 Å². The number of imidazole rings is 1. The van der Waals surface area contributed by atoms with Gasteiger partial charge in [-0.05, 0) is 54.2 Å². The van der Waals surface area contributed by atoms with Gasteiger partial charge in [0.25, 0.3) is 5.91 Å². The average molecular weight is 452 g/mol. The number of aromatic nitrogens is 2. The standard InChI is InChI=1S/C21H30BrN3O3/c1-15-13-17(22)20-24-16(2)19(25(20)14-15)21(28)23-12-10-8-6-4-3-5-7-9-11-18(26)27/h13-14H,3-12H2,1-2H3,(H,23,28)(H,26,27). The van der Waals surface area contributed by atoms with E-state index < -0.39 is 5.97 Å². The van der Waals surface area contributed by atoms with E-state index in [-0.39, 0.29) is 12.3 Å². The lowest BCUT2D eigenvalue weighted by molar-refractivity contribution is -0.137. The number of rotatable bonds is 12. The molecular formula is C21H30BrN3O3. The highest BCUT2D eigenvalue weighted by molar-refractivity contribution is 9.10. The Hall–Kier alpha value is -1.89. The molecule has 0 saturated heterocycles.